The van der Waals surface area contributed by atoms with Crippen LogP contribution in [-0.2, 0) is 18.9 Å². The summed E-state index contributed by atoms with van der Waals surface area (Å²) in [5.74, 6) is 4.39. The van der Waals surface area contributed by atoms with E-state index in [0.29, 0.717) is 118 Å². The number of ether oxygens (including phenoxy) is 4. The lowest BCUT2D eigenvalue weighted by Crippen LogP contribution is -2.58. The fraction of sp³-hybridized carbons (Fsp3) is 0.600. The molecule has 0 spiro atoms. The van der Waals surface area contributed by atoms with Crippen molar-refractivity contribution in [3.8, 4) is 0 Å². The molecule has 8 aromatic rings. The number of aromatic nitrogens is 4. The summed E-state index contributed by atoms with van der Waals surface area (Å²) in [6.45, 7) is 16.9. The lowest BCUT2D eigenvalue weighted by molar-refractivity contribution is -0.114. The van der Waals surface area contributed by atoms with Gasteiger partial charge in [-0.05, 0) is 235 Å². The summed E-state index contributed by atoms with van der Waals surface area (Å²) in [6.07, 6.45) is 33.1. The molecule has 4 saturated heterocycles. The minimum atomic E-state index is -0.846. The van der Waals surface area contributed by atoms with E-state index in [-0.39, 0.29) is 89.9 Å². The highest BCUT2D eigenvalue weighted by atomic mass is 35.5. The van der Waals surface area contributed by atoms with E-state index in [4.69, 9.17) is 65.4 Å². The topological polar surface area (TPSA) is 214 Å². The third-order valence-corrected chi connectivity index (χ3v) is 30.2. The average Bonchev–Trinajstić information content (AvgIpc) is 0.735. The van der Waals surface area contributed by atoms with Crippen molar-refractivity contribution >= 4 is 114 Å². The summed E-state index contributed by atoms with van der Waals surface area (Å²) in [7, 11) is 0. The molecule has 5 unspecified atom stereocenters. The summed E-state index contributed by atoms with van der Waals surface area (Å²) >= 11 is 26.0. The van der Waals surface area contributed by atoms with Crippen LogP contribution in [0.4, 0.5) is 0 Å². The highest BCUT2D eigenvalue weighted by molar-refractivity contribution is 6.38. The standard InChI is InChI=1S/C25H31ClN2O2.C24H29ClN2O2.C21H27ClN2O3.C20H25ClN2O3/c1-15(25-9-16-6-17(10-25)8-24(2,7-16)14-25)27-23(29)19-11-28(18-12-30-13-18)21-5-3-4-20(26)22(19)21;1-14(24-8-15-5-16(9-24)7-17(6-15)10-24)26-23(28)19-11-27(18-12-29-13-18)21-4-2-3-20(25)22(19)21;1-20(2)7-4-8-21(26,12-20)13-23-19(25)15-9-24(14-10-27-11-14)17-6-3-5-16(22)18(15)17;21-16-7-4-8-18-19(16)15(9-23(18)14-11-26-12-14)20(25)22-17(10-24)13-5-2-1-3-6-13/h3-5,11,15-18H,6-10,12-14H2,1-2H3,(H,27,29);2-4,11,14-18H,5-10,12-13H2,1H3,(H,26,28);3,5-6,9,14,26H,4,7-8,10-13H2,1-2H3,(H,23,25);4,7-9,13-14,17,24H,1-3,5-6,10-12H2,(H,22,25)/t15?,16-,17+,24?,25?;;;17-/m...0/s1. The molecule has 4 amide bonds. The van der Waals surface area contributed by atoms with Crippen LogP contribution >= 0.6 is 46.4 Å². The summed E-state index contributed by atoms with van der Waals surface area (Å²) in [5, 5.41) is 39.4. The Morgan fingerprint density at radius 1 is 0.455 bits per heavy atom. The SMILES string of the molecule is CC(NC(=O)c1cn(C2COC2)c2cccc(Cl)c12)C12CC3CC(CC(C3)C1)C2.CC(NC(=O)c1cn(C2COC2)c2cccc(Cl)c12)C12C[C@@H]3C[C@@H](CC(C)(C3)C1)C2.CC1(C)CCCC(O)(CNC(=O)c2cn(C3COC3)c3cccc(Cl)c23)C1.O=C(N[C@@H](CO)C1CCCCC1)c1cn(C2COC2)c2cccc(Cl)c12. The number of carbonyl (C=O) groups excluding carboxylic acids is 4. The second-order valence-corrected chi connectivity index (χ2v) is 39.3. The van der Waals surface area contributed by atoms with Crippen LogP contribution in [0.2, 0.25) is 20.1 Å². The first-order valence-electron chi connectivity index (χ1n) is 41.9. The molecule has 8 heterocycles. The zero-order valence-electron chi connectivity index (χ0n) is 65.6. The number of fused-ring (bicyclic) bond motifs is 4. The number of carbonyl (C=O) groups is 4. The first kappa shape index (κ1) is 78.4. The molecule has 22 rings (SSSR count). The van der Waals surface area contributed by atoms with E-state index in [1.807, 2.05) is 79.4 Å². The van der Waals surface area contributed by atoms with Gasteiger partial charge in [-0.25, -0.2) is 0 Å². The van der Waals surface area contributed by atoms with Crippen molar-refractivity contribution in [2.24, 2.45) is 57.2 Å². The largest absolute Gasteiger partial charge is 0.394 e. The van der Waals surface area contributed by atoms with Crippen LogP contribution in [-0.4, -0.2) is 142 Å². The normalized spacial score (nSPS) is 29.3. The molecule has 4 aromatic heterocycles. The molecule has 6 N–H and O–H groups in total. The third-order valence-electron chi connectivity index (χ3n) is 28.9. The van der Waals surface area contributed by atoms with Crippen LogP contribution in [0.3, 0.4) is 0 Å². The van der Waals surface area contributed by atoms with E-state index in [0.717, 1.165) is 105 Å². The molecule has 4 aromatic carbocycles. The Morgan fingerprint density at radius 3 is 1.17 bits per heavy atom. The number of rotatable bonds is 17. The number of aliphatic hydroxyl groups is 2. The summed E-state index contributed by atoms with van der Waals surface area (Å²) in [5.41, 5.74) is 6.77. The quantitative estimate of drug-likeness (QED) is 0.0507. The minimum absolute atomic E-state index is 0.0143. The van der Waals surface area contributed by atoms with E-state index in [1.165, 1.54) is 96.3 Å². The van der Waals surface area contributed by atoms with E-state index >= 15 is 0 Å². The number of amides is 4. The molecule has 10 saturated carbocycles. The number of nitrogens with zero attached hydrogens (tertiary/aromatic N) is 4. The number of benzene rings is 4. The van der Waals surface area contributed by atoms with Crippen molar-refractivity contribution in [1.29, 1.82) is 0 Å². The molecular weight excluding hydrogens is 1490 g/mol. The van der Waals surface area contributed by atoms with E-state index < -0.39 is 5.60 Å². The van der Waals surface area contributed by atoms with Gasteiger partial charge in [0.05, 0.1) is 160 Å². The molecule has 14 fully saturated rings. The molecule has 18 nitrogen and oxygen atoms in total. The van der Waals surface area contributed by atoms with Gasteiger partial charge in [-0.15, -0.1) is 0 Å². The number of nitrogens with one attached hydrogen (secondary N) is 4. The smallest absolute Gasteiger partial charge is 0.253 e. The highest BCUT2D eigenvalue weighted by Gasteiger charge is 2.58. The zero-order chi connectivity index (χ0) is 77.8. The predicted octanol–water partition coefficient (Wildman–Crippen LogP) is 18.3. The molecule has 0 radical (unpaired) electrons. The van der Waals surface area contributed by atoms with Crippen LogP contribution in [0.25, 0.3) is 43.6 Å². The van der Waals surface area contributed by atoms with Gasteiger partial charge in [-0.2, -0.15) is 0 Å². The Bertz CT molecular complexity index is 4810. The van der Waals surface area contributed by atoms with Crippen LogP contribution in [0.1, 0.15) is 235 Å². The molecule has 8 bridgehead atoms. The molecule has 4 aliphatic heterocycles. The van der Waals surface area contributed by atoms with Crippen molar-refractivity contribution in [3.05, 3.63) is 140 Å². The van der Waals surface area contributed by atoms with Gasteiger partial charge in [0.1, 0.15) is 0 Å². The maximum absolute atomic E-state index is 13.5. The molecule has 10 aliphatic carbocycles. The fourth-order valence-corrected chi connectivity index (χ4v) is 25.0. The van der Waals surface area contributed by atoms with Crippen molar-refractivity contribution in [1.82, 2.24) is 39.5 Å². The molecule has 8 atom stereocenters. The lowest BCUT2D eigenvalue weighted by atomic mass is 9.43. The van der Waals surface area contributed by atoms with E-state index in [1.54, 1.807) is 6.07 Å². The Labute approximate surface area is 677 Å². The maximum Gasteiger partial charge on any atom is 0.253 e. The third kappa shape index (κ3) is 15.2. The second kappa shape index (κ2) is 31.4. The monoisotopic (exact) mass is 1600 g/mol. The van der Waals surface area contributed by atoms with Gasteiger partial charge in [0.15, 0.2) is 0 Å². The molecule has 14 aliphatic rings. The molecule has 600 valence electrons. The Hall–Kier alpha value is -6.16. The second-order valence-electron chi connectivity index (χ2n) is 37.7. The van der Waals surface area contributed by atoms with Crippen molar-refractivity contribution in [3.63, 3.8) is 0 Å². The van der Waals surface area contributed by atoms with Gasteiger partial charge in [0.2, 0.25) is 0 Å². The van der Waals surface area contributed by atoms with E-state index in [9.17, 15) is 29.4 Å². The predicted molar refractivity (Wildman–Crippen MR) is 441 cm³/mol. The Balaban J connectivity index is 0.000000109. The Kier molecular flexibility index (Phi) is 21.9. The van der Waals surface area contributed by atoms with Crippen LogP contribution in [0.5, 0.6) is 0 Å². The number of aliphatic hydroxyl groups excluding tert-OH is 1. The number of hydrogen-bond acceptors (Lipinski definition) is 10. The van der Waals surface area contributed by atoms with Crippen molar-refractivity contribution in [2.75, 3.05) is 66.0 Å². The first-order chi connectivity index (χ1) is 53.8. The highest BCUT2D eigenvalue weighted by Crippen LogP contribution is 2.66. The molecule has 112 heavy (non-hydrogen) atoms. The van der Waals surface area contributed by atoms with Crippen LogP contribution in [0.15, 0.2) is 97.6 Å². The molecule has 22 heteroatoms. The minimum Gasteiger partial charge on any atom is -0.394 e. The van der Waals surface area contributed by atoms with Crippen molar-refractivity contribution in [2.45, 2.75) is 217 Å². The zero-order valence-corrected chi connectivity index (χ0v) is 68.6. The van der Waals surface area contributed by atoms with E-state index in [2.05, 4.69) is 86.3 Å². The van der Waals surface area contributed by atoms with Crippen molar-refractivity contribution < 1.29 is 48.3 Å². The van der Waals surface area contributed by atoms with Gasteiger partial charge < -0.3 is 68.7 Å². The van der Waals surface area contributed by atoms with Crippen LogP contribution < -0.4 is 21.3 Å². The van der Waals surface area contributed by atoms with Gasteiger partial charge in [0.25, 0.3) is 23.6 Å². The van der Waals surface area contributed by atoms with Gasteiger partial charge in [-0.3, -0.25) is 19.2 Å². The summed E-state index contributed by atoms with van der Waals surface area (Å²) < 4.78 is 29.9. The maximum atomic E-state index is 13.5. The summed E-state index contributed by atoms with van der Waals surface area (Å²) in [6, 6.07) is 24.4. The summed E-state index contributed by atoms with van der Waals surface area (Å²) in [4.78, 5) is 53.0. The average molecular weight is 1610 g/mol. The number of halogens is 4. The number of hydrogen-bond donors (Lipinski definition) is 6. The fourth-order valence-electron chi connectivity index (χ4n) is 23.9. The van der Waals surface area contributed by atoms with Gasteiger partial charge in [0, 0.05) is 65.0 Å². The molecular formula is C90H112Cl4N8O10. The lowest BCUT2D eigenvalue weighted by Gasteiger charge is -2.63. The van der Waals surface area contributed by atoms with Crippen LogP contribution in [0, 0.1) is 57.2 Å². The Morgan fingerprint density at radius 2 is 0.812 bits per heavy atom. The van der Waals surface area contributed by atoms with Gasteiger partial charge in [-0.1, -0.05) is 111 Å². The van der Waals surface area contributed by atoms with Gasteiger partial charge >= 0.3 is 0 Å². The first-order valence-corrected chi connectivity index (χ1v) is 43.4.